The highest BCUT2D eigenvalue weighted by Crippen LogP contribution is 2.42. The predicted molar refractivity (Wildman–Crippen MR) is 103 cm³/mol. The number of methoxy groups -OCH3 is 1. The van der Waals surface area contributed by atoms with Crippen LogP contribution >= 0.6 is 0 Å². The van der Waals surface area contributed by atoms with E-state index in [2.05, 4.69) is 0 Å². The number of benzene rings is 2. The average Bonchev–Trinajstić information content (AvgIpc) is 3.19. The first-order chi connectivity index (χ1) is 12.9. The number of carbonyl (C=O) groups excluding carboxylic acids is 1. The number of sulfonamides is 1. The van der Waals surface area contributed by atoms with E-state index in [0.29, 0.717) is 23.4 Å². The summed E-state index contributed by atoms with van der Waals surface area (Å²) in [6, 6.07) is 14.2. The van der Waals surface area contributed by atoms with E-state index in [9.17, 15) is 13.2 Å². The zero-order valence-electron chi connectivity index (χ0n) is 15.3. The third kappa shape index (κ3) is 3.09. The molecule has 2 aromatic carbocycles. The van der Waals surface area contributed by atoms with Gasteiger partial charge in [-0.25, -0.2) is 8.42 Å². The second kappa shape index (κ2) is 6.62. The van der Waals surface area contributed by atoms with Gasteiger partial charge in [0.2, 0.25) is 10.0 Å². The van der Waals surface area contributed by atoms with E-state index in [1.54, 1.807) is 31.4 Å². The Balaban J connectivity index is 1.67. The van der Waals surface area contributed by atoms with E-state index < -0.39 is 10.0 Å². The smallest absolute Gasteiger partial charge is 0.243 e. The first-order valence-electron chi connectivity index (χ1n) is 8.87. The van der Waals surface area contributed by atoms with E-state index in [0.717, 1.165) is 22.4 Å². The minimum Gasteiger partial charge on any atom is -0.497 e. The molecule has 140 valence electrons. The van der Waals surface area contributed by atoms with Crippen molar-refractivity contribution in [1.82, 2.24) is 4.31 Å². The zero-order chi connectivity index (χ0) is 19.2. The summed E-state index contributed by atoms with van der Waals surface area (Å²) in [7, 11) is -1.97. The van der Waals surface area contributed by atoms with Crippen molar-refractivity contribution < 1.29 is 17.9 Å². The van der Waals surface area contributed by atoms with Crippen molar-refractivity contribution >= 4 is 21.4 Å². The molecule has 2 aliphatic rings. The topological polar surface area (TPSA) is 63.7 Å². The lowest BCUT2D eigenvalue weighted by molar-refractivity contribution is -0.113. The molecule has 0 saturated carbocycles. The maximum absolute atomic E-state index is 13.0. The van der Waals surface area contributed by atoms with Crippen LogP contribution in [-0.2, 0) is 14.8 Å². The van der Waals surface area contributed by atoms with E-state index in [1.807, 2.05) is 31.2 Å². The number of ether oxygens (including phenoxy) is 1. The Kier molecular flexibility index (Phi) is 4.40. The molecule has 0 amide bonds. The SMILES string of the molecule is COc1ccc(C2=C3CN(S(=O)(=O)c4ccc(C)cc4)C[C@H]3CC2=O)cc1. The lowest BCUT2D eigenvalue weighted by atomic mass is 10.0. The Morgan fingerprint density at radius 1 is 1.04 bits per heavy atom. The molecule has 1 aliphatic heterocycles. The quantitative estimate of drug-likeness (QED) is 0.814. The van der Waals surface area contributed by atoms with E-state index >= 15 is 0 Å². The summed E-state index contributed by atoms with van der Waals surface area (Å²) in [4.78, 5) is 12.8. The Labute approximate surface area is 159 Å². The van der Waals surface area contributed by atoms with Crippen molar-refractivity contribution in [1.29, 1.82) is 0 Å². The largest absolute Gasteiger partial charge is 0.497 e. The van der Waals surface area contributed by atoms with Crippen LogP contribution in [0.4, 0.5) is 0 Å². The van der Waals surface area contributed by atoms with Crippen molar-refractivity contribution in [2.24, 2.45) is 5.92 Å². The van der Waals surface area contributed by atoms with E-state index in [1.165, 1.54) is 4.31 Å². The van der Waals surface area contributed by atoms with Gasteiger partial charge in [0, 0.05) is 31.0 Å². The number of carbonyl (C=O) groups is 1. The van der Waals surface area contributed by atoms with Crippen LogP contribution in [0, 0.1) is 12.8 Å². The van der Waals surface area contributed by atoms with Crippen LogP contribution in [0.1, 0.15) is 17.5 Å². The molecule has 0 unspecified atom stereocenters. The molecule has 0 spiro atoms. The standard InChI is InChI=1S/C21H21NO4S/c1-14-3-9-18(10-4-14)27(24,25)22-12-16-11-20(23)21(19(16)13-22)15-5-7-17(26-2)8-6-15/h3-10,16H,11-13H2,1-2H3/t16-/m1/s1. The summed E-state index contributed by atoms with van der Waals surface area (Å²) < 4.78 is 32.6. The third-order valence-corrected chi connectivity index (χ3v) is 7.16. The average molecular weight is 383 g/mol. The maximum atomic E-state index is 13.0. The molecular weight excluding hydrogens is 362 g/mol. The number of allylic oxidation sites excluding steroid dienone is 1. The van der Waals surface area contributed by atoms with Gasteiger partial charge in [0.25, 0.3) is 0 Å². The normalized spacial score (nSPS) is 20.2. The molecular formula is C21H21NO4S. The number of hydrogen-bond acceptors (Lipinski definition) is 4. The summed E-state index contributed by atoms with van der Waals surface area (Å²) in [6.45, 7) is 2.55. The lowest BCUT2D eigenvalue weighted by Gasteiger charge is -2.17. The van der Waals surface area contributed by atoms with Crippen LogP contribution in [0.15, 0.2) is 59.0 Å². The van der Waals surface area contributed by atoms with Gasteiger partial charge < -0.3 is 4.74 Å². The van der Waals surface area contributed by atoms with Gasteiger partial charge in [0.1, 0.15) is 5.75 Å². The molecule has 0 bridgehead atoms. The fraction of sp³-hybridized carbons (Fsp3) is 0.286. The van der Waals surface area contributed by atoms with Crippen molar-refractivity contribution in [3.05, 3.63) is 65.2 Å². The van der Waals surface area contributed by atoms with Crippen molar-refractivity contribution in [2.75, 3.05) is 20.2 Å². The van der Waals surface area contributed by atoms with Crippen LogP contribution in [0.2, 0.25) is 0 Å². The van der Waals surface area contributed by atoms with Crippen LogP contribution in [0.3, 0.4) is 0 Å². The van der Waals surface area contributed by atoms with Gasteiger partial charge >= 0.3 is 0 Å². The molecule has 0 aromatic heterocycles. The second-order valence-electron chi connectivity index (χ2n) is 7.06. The Morgan fingerprint density at radius 2 is 1.70 bits per heavy atom. The summed E-state index contributed by atoms with van der Waals surface area (Å²) >= 11 is 0. The Bertz CT molecular complexity index is 1020. The molecule has 1 heterocycles. The lowest BCUT2D eigenvalue weighted by Crippen LogP contribution is -2.29. The van der Waals surface area contributed by atoms with Crippen LogP contribution < -0.4 is 4.74 Å². The highest BCUT2D eigenvalue weighted by molar-refractivity contribution is 7.89. The summed E-state index contributed by atoms with van der Waals surface area (Å²) in [5.41, 5.74) is 3.44. The van der Waals surface area contributed by atoms with Gasteiger partial charge in [-0.15, -0.1) is 0 Å². The first kappa shape index (κ1) is 17.9. The fourth-order valence-corrected chi connectivity index (χ4v) is 5.33. The molecule has 5 nitrogen and oxygen atoms in total. The van der Waals surface area contributed by atoms with Crippen LogP contribution in [0.25, 0.3) is 5.57 Å². The first-order valence-corrected chi connectivity index (χ1v) is 10.3. The highest BCUT2D eigenvalue weighted by Gasteiger charge is 2.43. The minimum absolute atomic E-state index is 0.0326. The number of Topliss-reactive ketones (excluding diaryl/α,β-unsaturated/α-hetero) is 1. The van der Waals surface area contributed by atoms with Crippen molar-refractivity contribution in [2.45, 2.75) is 18.2 Å². The third-order valence-electron chi connectivity index (χ3n) is 5.33. The van der Waals surface area contributed by atoms with E-state index in [4.69, 9.17) is 4.74 Å². The van der Waals surface area contributed by atoms with Gasteiger partial charge in [-0.05, 0) is 42.3 Å². The van der Waals surface area contributed by atoms with Crippen LogP contribution in [0.5, 0.6) is 5.75 Å². The summed E-state index contributed by atoms with van der Waals surface area (Å²) in [5, 5.41) is 0. The van der Waals surface area contributed by atoms with Gasteiger partial charge in [-0.1, -0.05) is 29.8 Å². The Morgan fingerprint density at radius 3 is 2.33 bits per heavy atom. The number of aryl methyl sites for hydroxylation is 1. The molecule has 6 heteroatoms. The van der Waals surface area contributed by atoms with Gasteiger partial charge in [-0.3, -0.25) is 4.79 Å². The zero-order valence-corrected chi connectivity index (χ0v) is 16.1. The van der Waals surface area contributed by atoms with Gasteiger partial charge in [0.15, 0.2) is 5.78 Å². The van der Waals surface area contributed by atoms with Crippen LogP contribution in [-0.4, -0.2) is 38.7 Å². The Hall–Kier alpha value is -2.44. The monoisotopic (exact) mass is 383 g/mol. The van der Waals surface area contributed by atoms with Crippen molar-refractivity contribution in [3.8, 4) is 5.75 Å². The molecule has 0 N–H and O–H groups in total. The van der Waals surface area contributed by atoms with E-state index in [-0.39, 0.29) is 18.2 Å². The summed E-state index contributed by atoms with van der Waals surface area (Å²) in [6.07, 6.45) is 0.372. The van der Waals surface area contributed by atoms with Gasteiger partial charge in [-0.2, -0.15) is 4.31 Å². The molecule has 4 rings (SSSR count). The molecule has 1 aliphatic carbocycles. The predicted octanol–water partition coefficient (Wildman–Crippen LogP) is 3.05. The van der Waals surface area contributed by atoms with Crippen molar-refractivity contribution in [3.63, 3.8) is 0 Å². The summed E-state index contributed by atoms with van der Waals surface area (Å²) in [5.74, 6) is 0.781. The maximum Gasteiger partial charge on any atom is 0.243 e. The molecule has 1 atom stereocenters. The highest BCUT2D eigenvalue weighted by atomic mass is 32.2. The number of fused-ring (bicyclic) bond motifs is 1. The number of rotatable bonds is 4. The number of hydrogen-bond donors (Lipinski definition) is 0. The molecule has 27 heavy (non-hydrogen) atoms. The molecule has 1 saturated heterocycles. The van der Waals surface area contributed by atoms with Gasteiger partial charge in [0.05, 0.1) is 12.0 Å². The molecule has 1 fully saturated rings. The number of ketones is 1. The minimum atomic E-state index is -3.56. The molecule has 2 aromatic rings. The molecule has 0 radical (unpaired) electrons. The fourth-order valence-electron chi connectivity index (χ4n) is 3.86. The second-order valence-corrected chi connectivity index (χ2v) is 9.00. The number of nitrogens with zero attached hydrogens (tertiary/aromatic N) is 1.